The van der Waals surface area contributed by atoms with Crippen LogP contribution in [0.2, 0.25) is 0 Å². The van der Waals surface area contributed by atoms with E-state index in [0.29, 0.717) is 11.5 Å². The first-order valence-electron chi connectivity index (χ1n) is 7.51. The molecule has 0 aliphatic carbocycles. The average molecular weight is 332 g/mol. The van der Waals surface area contributed by atoms with Crippen LogP contribution in [-0.4, -0.2) is 48.7 Å². The summed E-state index contributed by atoms with van der Waals surface area (Å²) in [6.45, 7) is 3.23. The van der Waals surface area contributed by atoms with Crippen LogP contribution < -0.4 is 9.47 Å². The Labute approximate surface area is 139 Å². The molecule has 0 aromatic heterocycles. The summed E-state index contributed by atoms with van der Waals surface area (Å²) < 4.78 is 15.9. The molecule has 24 heavy (non-hydrogen) atoms. The third kappa shape index (κ3) is 4.71. The molecule has 6 nitrogen and oxygen atoms in total. The standard InChI is InChI=1S/C18H20O6/c1-2-18(21)24-12-13(20)11-23-17-8-7-16(22-10-9-19)14-5-3-4-6-15(14)17/h2-8,13,19-20H,1,9-12H2. The molecule has 128 valence electrons. The van der Waals surface area contributed by atoms with Crippen LogP contribution >= 0.6 is 0 Å². The zero-order valence-corrected chi connectivity index (χ0v) is 13.2. The van der Waals surface area contributed by atoms with E-state index in [4.69, 9.17) is 19.3 Å². The Kier molecular flexibility index (Phi) is 6.60. The van der Waals surface area contributed by atoms with Crippen molar-refractivity contribution in [3.05, 3.63) is 49.1 Å². The third-order valence-electron chi connectivity index (χ3n) is 3.21. The lowest BCUT2D eigenvalue weighted by atomic mass is 10.1. The van der Waals surface area contributed by atoms with Crippen LogP contribution in [0.15, 0.2) is 49.1 Å². The number of rotatable bonds is 9. The lowest BCUT2D eigenvalue weighted by molar-refractivity contribution is -0.141. The molecule has 2 N–H and O–H groups in total. The van der Waals surface area contributed by atoms with Gasteiger partial charge in [0.25, 0.3) is 0 Å². The van der Waals surface area contributed by atoms with E-state index >= 15 is 0 Å². The van der Waals surface area contributed by atoms with Gasteiger partial charge in [0.05, 0.1) is 6.61 Å². The molecule has 0 saturated heterocycles. The first kappa shape index (κ1) is 17.8. The molecule has 0 aliphatic rings. The van der Waals surface area contributed by atoms with Gasteiger partial charge in [0.2, 0.25) is 0 Å². The largest absolute Gasteiger partial charge is 0.491 e. The summed E-state index contributed by atoms with van der Waals surface area (Å²) in [5.41, 5.74) is 0. The van der Waals surface area contributed by atoms with E-state index < -0.39 is 12.1 Å². The van der Waals surface area contributed by atoms with Gasteiger partial charge >= 0.3 is 5.97 Å². The van der Waals surface area contributed by atoms with Gasteiger partial charge in [-0.2, -0.15) is 0 Å². The van der Waals surface area contributed by atoms with Gasteiger partial charge < -0.3 is 24.4 Å². The second kappa shape index (κ2) is 8.90. The van der Waals surface area contributed by atoms with Crippen molar-refractivity contribution in [3.63, 3.8) is 0 Å². The van der Waals surface area contributed by atoms with Crippen molar-refractivity contribution in [2.75, 3.05) is 26.4 Å². The fraction of sp³-hybridized carbons (Fsp3) is 0.278. The Morgan fingerprint density at radius 2 is 1.71 bits per heavy atom. The zero-order valence-electron chi connectivity index (χ0n) is 13.2. The van der Waals surface area contributed by atoms with Crippen LogP contribution in [-0.2, 0) is 9.53 Å². The highest BCUT2D eigenvalue weighted by atomic mass is 16.5. The van der Waals surface area contributed by atoms with Crippen LogP contribution in [0.1, 0.15) is 0 Å². The molecular weight excluding hydrogens is 312 g/mol. The van der Waals surface area contributed by atoms with Gasteiger partial charge in [0.15, 0.2) is 0 Å². The molecule has 0 radical (unpaired) electrons. The van der Waals surface area contributed by atoms with Crippen LogP contribution in [0, 0.1) is 0 Å². The molecule has 0 amide bonds. The Balaban J connectivity index is 2.07. The van der Waals surface area contributed by atoms with Gasteiger partial charge in [0.1, 0.15) is 37.4 Å². The smallest absolute Gasteiger partial charge is 0.330 e. The molecule has 1 unspecified atom stereocenters. The van der Waals surface area contributed by atoms with E-state index in [9.17, 15) is 9.90 Å². The summed E-state index contributed by atoms with van der Waals surface area (Å²) in [5, 5.41) is 20.4. The minimum absolute atomic E-state index is 0.0226. The maximum Gasteiger partial charge on any atom is 0.330 e. The maximum absolute atomic E-state index is 11.0. The second-order valence-corrected chi connectivity index (χ2v) is 4.98. The molecule has 2 aromatic carbocycles. The first-order valence-corrected chi connectivity index (χ1v) is 7.51. The number of benzene rings is 2. The molecule has 0 fully saturated rings. The number of carbonyl (C=O) groups excluding carboxylic acids is 1. The fourth-order valence-corrected chi connectivity index (χ4v) is 2.12. The maximum atomic E-state index is 11.0. The molecule has 0 saturated carbocycles. The molecule has 0 aliphatic heterocycles. The Bertz CT molecular complexity index is 697. The zero-order chi connectivity index (χ0) is 17.4. The minimum Gasteiger partial charge on any atom is -0.491 e. The summed E-state index contributed by atoms with van der Waals surface area (Å²) in [7, 11) is 0. The number of hydrogen-bond acceptors (Lipinski definition) is 6. The normalized spacial score (nSPS) is 11.8. The number of fused-ring (bicyclic) bond motifs is 1. The molecule has 0 bridgehead atoms. The summed E-state index contributed by atoms with van der Waals surface area (Å²) in [6, 6.07) is 11.0. The quantitative estimate of drug-likeness (QED) is 0.537. The Morgan fingerprint density at radius 3 is 2.29 bits per heavy atom. The number of esters is 1. The summed E-state index contributed by atoms with van der Waals surface area (Å²) >= 11 is 0. The topological polar surface area (TPSA) is 85.2 Å². The minimum atomic E-state index is -0.946. The molecule has 1 atom stereocenters. The highest BCUT2D eigenvalue weighted by Gasteiger charge is 2.11. The van der Waals surface area contributed by atoms with Gasteiger partial charge in [0, 0.05) is 16.8 Å². The predicted octanol–water partition coefficient (Wildman–Crippen LogP) is 1.68. The first-order chi connectivity index (χ1) is 11.7. The van der Waals surface area contributed by atoms with Gasteiger partial charge in [-0.25, -0.2) is 4.79 Å². The Hall–Kier alpha value is -2.57. The van der Waals surface area contributed by atoms with Crippen LogP contribution in [0.5, 0.6) is 11.5 Å². The predicted molar refractivity (Wildman–Crippen MR) is 89.2 cm³/mol. The molecule has 2 rings (SSSR count). The van der Waals surface area contributed by atoms with Crippen molar-refractivity contribution in [3.8, 4) is 11.5 Å². The molecule has 6 heteroatoms. The van der Waals surface area contributed by atoms with Crippen molar-refractivity contribution in [2.24, 2.45) is 0 Å². The highest BCUT2D eigenvalue weighted by molar-refractivity contribution is 5.93. The average Bonchev–Trinajstić information content (AvgIpc) is 2.62. The second-order valence-electron chi connectivity index (χ2n) is 4.98. The van der Waals surface area contributed by atoms with Gasteiger partial charge in [-0.15, -0.1) is 0 Å². The van der Waals surface area contributed by atoms with Crippen molar-refractivity contribution in [1.82, 2.24) is 0 Å². The summed E-state index contributed by atoms with van der Waals surface area (Å²) in [6.07, 6.45) is 0.0876. The number of carbonyl (C=O) groups is 1. The summed E-state index contributed by atoms with van der Waals surface area (Å²) in [5.74, 6) is 0.633. The van der Waals surface area contributed by atoms with Crippen LogP contribution in [0.3, 0.4) is 0 Å². The molecular formula is C18H20O6. The van der Waals surface area contributed by atoms with Crippen molar-refractivity contribution in [2.45, 2.75) is 6.10 Å². The lowest BCUT2D eigenvalue weighted by Crippen LogP contribution is -2.24. The number of aliphatic hydroxyl groups excluding tert-OH is 2. The number of hydrogen-bond donors (Lipinski definition) is 2. The van der Waals surface area contributed by atoms with E-state index in [1.54, 1.807) is 12.1 Å². The van der Waals surface area contributed by atoms with E-state index in [2.05, 4.69) is 6.58 Å². The fourth-order valence-electron chi connectivity index (χ4n) is 2.12. The van der Waals surface area contributed by atoms with Crippen LogP contribution in [0.25, 0.3) is 10.8 Å². The molecule has 2 aromatic rings. The van der Waals surface area contributed by atoms with Gasteiger partial charge in [-0.3, -0.25) is 0 Å². The van der Waals surface area contributed by atoms with E-state index in [1.165, 1.54) is 0 Å². The molecule has 0 heterocycles. The number of aliphatic hydroxyl groups is 2. The third-order valence-corrected chi connectivity index (χ3v) is 3.21. The van der Waals surface area contributed by atoms with E-state index in [1.807, 2.05) is 24.3 Å². The van der Waals surface area contributed by atoms with Gasteiger partial charge in [-0.05, 0) is 12.1 Å². The number of ether oxygens (including phenoxy) is 3. The van der Waals surface area contributed by atoms with Crippen molar-refractivity contribution >= 4 is 16.7 Å². The summed E-state index contributed by atoms with van der Waals surface area (Å²) in [4.78, 5) is 11.0. The van der Waals surface area contributed by atoms with E-state index in [-0.39, 0.29) is 26.4 Å². The monoisotopic (exact) mass is 332 g/mol. The lowest BCUT2D eigenvalue weighted by Gasteiger charge is -2.15. The SMILES string of the molecule is C=CC(=O)OCC(O)COc1ccc(OCCO)c2ccccc12. The highest BCUT2D eigenvalue weighted by Crippen LogP contribution is 2.33. The van der Waals surface area contributed by atoms with E-state index in [0.717, 1.165) is 16.8 Å². The van der Waals surface area contributed by atoms with Crippen molar-refractivity contribution < 1.29 is 29.2 Å². The van der Waals surface area contributed by atoms with Crippen LogP contribution in [0.4, 0.5) is 0 Å². The molecule has 0 spiro atoms. The van der Waals surface area contributed by atoms with Gasteiger partial charge in [-0.1, -0.05) is 30.8 Å². The van der Waals surface area contributed by atoms with Crippen molar-refractivity contribution in [1.29, 1.82) is 0 Å². The Morgan fingerprint density at radius 1 is 1.08 bits per heavy atom.